The van der Waals surface area contributed by atoms with Crippen LogP contribution in [0.15, 0.2) is 0 Å². The van der Waals surface area contributed by atoms with Crippen LogP contribution in [0.4, 0.5) is 0 Å². The average molecular weight is 230 g/mol. The van der Waals surface area contributed by atoms with Crippen LogP contribution in [-0.4, -0.2) is 29.5 Å². The highest BCUT2D eigenvalue weighted by atomic mass is 32.2. The molecule has 3 nitrogen and oxygen atoms in total. The van der Waals surface area contributed by atoms with Gasteiger partial charge in [0.2, 0.25) is 5.91 Å². The molecule has 1 heterocycles. The van der Waals surface area contributed by atoms with Gasteiger partial charge in [0, 0.05) is 17.7 Å². The smallest absolute Gasteiger partial charge is 0.220 e. The van der Waals surface area contributed by atoms with Gasteiger partial charge in [0.05, 0.1) is 0 Å². The van der Waals surface area contributed by atoms with Gasteiger partial charge in [0.1, 0.15) is 0 Å². The van der Waals surface area contributed by atoms with Crippen LogP contribution >= 0.6 is 11.8 Å². The maximum Gasteiger partial charge on any atom is 0.220 e. The van der Waals surface area contributed by atoms with E-state index in [0.717, 1.165) is 19.4 Å². The van der Waals surface area contributed by atoms with E-state index in [9.17, 15) is 4.79 Å². The Morgan fingerprint density at radius 1 is 1.53 bits per heavy atom. The van der Waals surface area contributed by atoms with Crippen molar-refractivity contribution in [1.82, 2.24) is 5.32 Å². The quantitative estimate of drug-likeness (QED) is 0.680. The molecule has 0 radical (unpaired) electrons. The van der Waals surface area contributed by atoms with E-state index in [0.29, 0.717) is 13.0 Å². The van der Waals surface area contributed by atoms with E-state index in [1.54, 1.807) is 0 Å². The molecule has 0 bridgehead atoms. The summed E-state index contributed by atoms with van der Waals surface area (Å²) in [5.74, 6) is 1.41. The van der Waals surface area contributed by atoms with Crippen molar-refractivity contribution in [3.8, 4) is 0 Å². The van der Waals surface area contributed by atoms with Crippen molar-refractivity contribution >= 4 is 17.7 Å². The van der Waals surface area contributed by atoms with Gasteiger partial charge in [-0.05, 0) is 44.9 Å². The van der Waals surface area contributed by atoms with Gasteiger partial charge in [-0.3, -0.25) is 4.79 Å². The summed E-state index contributed by atoms with van der Waals surface area (Å²) in [6.45, 7) is 3.74. The van der Waals surface area contributed by atoms with E-state index in [1.807, 2.05) is 11.8 Å². The minimum Gasteiger partial charge on any atom is -0.355 e. The van der Waals surface area contributed by atoms with E-state index in [-0.39, 0.29) is 10.7 Å². The summed E-state index contributed by atoms with van der Waals surface area (Å²) in [6, 6.07) is 0. The van der Waals surface area contributed by atoms with Crippen LogP contribution in [0.5, 0.6) is 0 Å². The van der Waals surface area contributed by atoms with Gasteiger partial charge in [-0.1, -0.05) is 0 Å². The minimum atomic E-state index is 0.178. The monoisotopic (exact) mass is 230 g/mol. The molecular weight excluding hydrogens is 208 g/mol. The molecule has 1 aliphatic rings. The number of hydrogen-bond acceptors (Lipinski definition) is 3. The first-order chi connectivity index (χ1) is 7.16. The maximum absolute atomic E-state index is 11.5. The highest BCUT2D eigenvalue weighted by molar-refractivity contribution is 8.00. The topological polar surface area (TPSA) is 55.1 Å². The minimum absolute atomic E-state index is 0.178. The Hall–Kier alpha value is -0.220. The molecule has 1 aliphatic heterocycles. The normalized spacial score (nSPS) is 25.5. The third-order valence-electron chi connectivity index (χ3n) is 2.82. The zero-order valence-corrected chi connectivity index (χ0v) is 10.4. The first-order valence-electron chi connectivity index (χ1n) is 5.77. The number of carbonyl (C=O) groups excluding carboxylic acids is 1. The van der Waals surface area contributed by atoms with Gasteiger partial charge in [0.15, 0.2) is 0 Å². The van der Waals surface area contributed by atoms with Crippen LogP contribution in [-0.2, 0) is 4.79 Å². The van der Waals surface area contributed by atoms with Crippen LogP contribution in [0.25, 0.3) is 0 Å². The molecule has 0 saturated carbocycles. The molecule has 1 unspecified atom stereocenters. The van der Waals surface area contributed by atoms with Gasteiger partial charge in [0.25, 0.3) is 0 Å². The standard InChI is InChI=1S/C11H22N2OS/c1-11(6-4-8-15-11)9-13-10(14)5-2-3-7-12/h2-9,12H2,1H3,(H,13,14). The van der Waals surface area contributed by atoms with Crippen molar-refractivity contribution in [2.24, 2.45) is 5.73 Å². The third-order valence-corrected chi connectivity index (χ3v) is 4.36. The van der Waals surface area contributed by atoms with Gasteiger partial charge in [-0.25, -0.2) is 0 Å². The van der Waals surface area contributed by atoms with Crippen molar-refractivity contribution in [3.63, 3.8) is 0 Å². The molecule has 3 N–H and O–H groups in total. The molecule has 1 saturated heterocycles. The lowest BCUT2D eigenvalue weighted by molar-refractivity contribution is -0.121. The molecular formula is C11H22N2OS. The van der Waals surface area contributed by atoms with Crippen molar-refractivity contribution in [3.05, 3.63) is 0 Å². The molecule has 0 aromatic rings. The van der Waals surface area contributed by atoms with Crippen molar-refractivity contribution < 1.29 is 4.79 Å². The molecule has 1 fully saturated rings. The molecule has 4 heteroatoms. The molecule has 0 aromatic carbocycles. The van der Waals surface area contributed by atoms with Gasteiger partial charge < -0.3 is 11.1 Å². The van der Waals surface area contributed by atoms with Crippen LogP contribution in [0.2, 0.25) is 0 Å². The van der Waals surface area contributed by atoms with Crippen LogP contribution in [0, 0.1) is 0 Å². The van der Waals surface area contributed by atoms with Crippen molar-refractivity contribution in [2.75, 3.05) is 18.8 Å². The second-order valence-electron chi connectivity index (χ2n) is 4.42. The summed E-state index contributed by atoms with van der Waals surface area (Å²) >= 11 is 1.98. The largest absolute Gasteiger partial charge is 0.355 e. The lowest BCUT2D eigenvalue weighted by Crippen LogP contribution is -2.36. The lowest BCUT2D eigenvalue weighted by atomic mass is 10.1. The van der Waals surface area contributed by atoms with Gasteiger partial charge in [-0.15, -0.1) is 0 Å². The van der Waals surface area contributed by atoms with Crippen LogP contribution in [0.1, 0.15) is 39.0 Å². The predicted molar refractivity (Wildman–Crippen MR) is 66.0 cm³/mol. The maximum atomic E-state index is 11.5. The molecule has 0 spiro atoms. The number of rotatable bonds is 6. The Morgan fingerprint density at radius 2 is 2.33 bits per heavy atom. The molecule has 88 valence electrons. The number of amides is 1. The summed E-state index contributed by atoms with van der Waals surface area (Å²) in [6.07, 6.45) is 4.98. The average Bonchev–Trinajstić information content (AvgIpc) is 2.64. The summed E-state index contributed by atoms with van der Waals surface area (Å²) in [5.41, 5.74) is 5.37. The molecule has 15 heavy (non-hydrogen) atoms. The Morgan fingerprint density at radius 3 is 2.93 bits per heavy atom. The number of carbonyl (C=O) groups is 1. The van der Waals surface area contributed by atoms with E-state index in [2.05, 4.69) is 12.2 Å². The third kappa shape index (κ3) is 4.89. The fourth-order valence-corrected chi connectivity index (χ4v) is 3.02. The summed E-state index contributed by atoms with van der Waals surface area (Å²) in [7, 11) is 0. The number of unbranched alkanes of at least 4 members (excludes halogenated alkanes) is 1. The van der Waals surface area contributed by atoms with E-state index >= 15 is 0 Å². The van der Waals surface area contributed by atoms with Crippen LogP contribution < -0.4 is 11.1 Å². The lowest BCUT2D eigenvalue weighted by Gasteiger charge is -2.22. The summed E-state index contributed by atoms with van der Waals surface area (Å²) in [5, 5.41) is 3.02. The van der Waals surface area contributed by atoms with Crippen LogP contribution in [0.3, 0.4) is 0 Å². The van der Waals surface area contributed by atoms with E-state index in [1.165, 1.54) is 18.6 Å². The van der Waals surface area contributed by atoms with Crippen molar-refractivity contribution in [1.29, 1.82) is 0 Å². The van der Waals surface area contributed by atoms with E-state index in [4.69, 9.17) is 5.73 Å². The zero-order valence-electron chi connectivity index (χ0n) is 9.55. The number of nitrogens with one attached hydrogen (secondary N) is 1. The first-order valence-corrected chi connectivity index (χ1v) is 6.75. The van der Waals surface area contributed by atoms with E-state index < -0.39 is 0 Å². The zero-order chi connectivity index (χ0) is 11.1. The second-order valence-corrected chi connectivity index (χ2v) is 6.11. The Kier molecular flexibility index (Phi) is 5.47. The Labute approximate surface area is 96.6 Å². The van der Waals surface area contributed by atoms with Crippen molar-refractivity contribution in [2.45, 2.75) is 43.8 Å². The first kappa shape index (κ1) is 12.8. The second kappa shape index (κ2) is 6.38. The SMILES string of the molecule is CC1(CNC(=O)CCCCN)CCCS1. The number of hydrogen-bond donors (Lipinski definition) is 2. The fourth-order valence-electron chi connectivity index (χ4n) is 1.78. The molecule has 0 aliphatic carbocycles. The molecule has 1 atom stereocenters. The Balaban J connectivity index is 2.10. The Bertz CT molecular complexity index is 203. The van der Waals surface area contributed by atoms with Gasteiger partial charge in [-0.2, -0.15) is 11.8 Å². The number of thioether (sulfide) groups is 1. The van der Waals surface area contributed by atoms with Gasteiger partial charge >= 0.3 is 0 Å². The fraction of sp³-hybridized carbons (Fsp3) is 0.909. The summed E-state index contributed by atoms with van der Waals surface area (Å²) in [4.78, 5) is 11.5. The summed E-state index contributed by atoms with van der Waals surface area (Å²) < 4.78 is 0.281. The molecule has 1 rings (SSSR count). The highest BCUT2D eigenvalue weighted by Crippen LogP contribution is 2.36. The molecule has 0 aromatic heterocycles. The predicted octanol–water partition coefficient (Wildman–Crippen LogP) is 1.52. The number of nitrogens with two attached hydrogens (primary N) is 1. The molecule has 1 amide bonds. The highest BCUT2D eigenvalue weighted by Gasteiger charge is 2.29.